The minimum absolute atomic E-state index is 0.0326. The molecule has 0 spiro atoms. The SMILES string of the molecule is Cc1ccc(S(=O)(=O)N(CC(=O)N(Cc2cccc(Cl)c2)C(C)C(=O)NC(C)(C)C)c2cccc(Cl)c2C)cc1. The maximum absolute atomic E-state index is 14.0. The normalized spacial score (nSPS) is 12.5. The molecule has 214 valence electrons. The third-order valence-corrected chi connectivity index (χ3v) is 8.72. The number of nitrogens with zero attached hydrogens (tertiary/aromatic N) is 2. The Kier molecular flexibility index (Phi) is 9.93. The molecule has 0 radical (unpaired) electrons. The number of benzene rings is 3. The summed E-state index contributed by atoms with van der Waals surface area (Å²) in [5, 5.41) is 3.75. The minimum atomic E-state index is -4.19. The van der Waals surface area contributed by atoms with Crippen molar-refractivity contribution in [2.45, 2.75) is 64.6 Å². The molecular weight excluding hydrogens is 569 g/mol. The van der Waals surface area contributed by atoms with Crippen LogP contribution in [0.4, 0.5) is 5.69 Å². The van der Waals surface area contributed by atoms with Gasteiger partial charge in [0.2, 0.25) is 11.8 Å². The predicted octanol–water partition coefficient (Wildman–Crippen LogP) is 6.14. The number of carbonyl (C=O) groups excluding carboxylic acids is 2. The lowest BCUT2D eigenvalue weighted by molar-refractivity contribution is -0.140. The fourth-order valence-electron chi connectivity index (χ4n) is 4.11. The van der Waals surface area contributed by atoms with Gasteiger partial charge in [-0.1, -0.05) is 59.1 Å². The van der Waals surface area contributed by atoms with E-state index in [4.69, 9.17) is 23.2 Å². The van der Waals surface area contributed by atoms with Crippen molar-refractivity contribution in [2.24, 2.45) is 0 Å². The van der Waals surface area contributed by atoms with Gasteiger partial charge in [0, 0.05) is 22.1 Å². The smallest absolute Gasteiger partial charge is 0.264 e. The first kappa shape index (κ1) is 31.5. The van der Waals surface area contributed by atoms with Gasteiger partial charge in [0.05, 0.1) is 10.6 Å². The van der Waals surface area contributed by atoms with Gasteiger partial charge < -0.3 is 10.2 Å². The highest BCUT2D eigenvalue weighted by Crippen LogP contribution is 2.31. The number of sulfonamides is 1. The molecule has 0 heterocycles. The van der Waals surface area contributed by atoms with Crippen LogP contribution in [0.25, 0.3) is 0 Å². The van der Waals surface area contributed by atoms with Crippen molar-refractivity contribution in [1.29, 1.82) is 0 Å². The Balaban J connectivity index is 2.08. The fraction of sp³-hybridized carbons (Fsp3) is 0.333. The summed E-state index contributed by atoms with van der Waals surface area (Å²) in [4.78, 5) is 28.6. The first-order valence-corrected chi connectivity index (χ1v) is 15.0. The van der Waals surface area contributed by atoms with Crippen LogP contribution in [-0.2, 0) is 26.2 Å². The Morgan fingerprint density at radius 1 is 0.950 bits per heavy atom. The van der Waals surface area contributed by atoms with E-state index in [2.05, 4.69) is 5.32 Å². The van der Waals surface area contributed by atoms with Crippen LogP contribution < -0.4 is 9.62 Å². The number of halogens is 2. The molecule has 2 amide bonds. The summed E-state index contributed by atoms with van der Waals surface area (Å²) >= 11 is 12.6. The first-order valence-electron chi connectivity index (χ1n) is 12.8. The van der Waals surface area contributed by atoms with E-state index in [1.54, 1.807) is 68.4 Å². The number of carbonyl (C=O) groups is 2. The molecule has 0 saturated carbocycles. The topological polar surface area (TPSA) is 86.8 Å². The van der Waals surface area contributed by atoms with Gasteiger partial charge in [0.15, 0.2) is 0 Å². The Bertz CT molecular complexity index is 1490. The number of aryl methyl sites for hydroxylation is 1. The highest BCUT2D eigenvalue weighted by Gasteiger charge is 2.34. The number of amides is 2. The predicted molar refractivity (Wildman–Crippen MR) is 161 cm³/mol. The van der Waals surface area contributed by atoms with Gasteiger partial charge in [-0.25, -0.2) is 8.42 Å². The van der Waals surface area contributed by atoms with E-state index in [-0.39, 0.29) is 23.0 Å². The molecule has 0 bridgehead atoms. The molecule has 3 rings (SSSR count). The van der Waals surface area contributed by atoms with Gasteiger partial charge in [-0.2, -0.15) is 0 Å². The maximum Gasteiger partial charge on any atom is 0.264 e. The summed E-state index contributed by atoms with van der Waals surface area (Å²) in [6, 6.07) is 17.4. The molecular formula is C30H35Cl2N3O4S. The lowest BCUT2D eigenvalue weighted by Crippen LogP contribution is -2.54. The van der Waals surface area contributed by atoms with Gasteiger partial charge in [-0.15, -0.1) is 0 Å². The van der Waals surface area contributed by atoms with Crippen molar-refractivity contribution in [1.82, 2.24) is 10.2 Å². The average Bonchev–Trinajstić information content (AvgIpc) is 2.86. The second-order valence-electron chi connectivity index (χ2n) is 10.8. The molecule has 0 fully saturated rings. The van der Waals surface area contributed by atoms with E-state index in [1.165, 1.54) is 17.0 Å². The molecule has 3 aromatic rings. The third-order valence-electron chi connectivity index (χ3n) is 6.30. The van der Waals surface area contributed by atoms with Crippen LogP contribution in [-0.4, -0.2) is 43.3 Å². The molecule has 0 aromatic heterocycles. The Labute approximate surface area is 247 Å². The van der Waals surface area contributed by atoms with Crippen molar-refractivity contribution >= 4 is 50.7 Å². The highest BCUT2D eigenvalue weighted by atomic mass is 35.5. The monoisotopic (exact) mass is 603 g/mol. The van der Waals surface area contributed by atoms with Gasteiger partial charge in [0.1, 0.15) is 12.6 Å². The zero-order valence-electron chi connectivity index (χ0n) is 23.5. The van der Waals surface area contributed by atoms with Crippen molar-refractivity contribution in [3.05, 3.63) is 93.5 Å². The van der Waals surface area contributed by atoms with E-state index in [0.29, 0.717) is 21.2 Å². The number of hydrogen-bond donors (Lipinski definition) is 1. The third kappa shape index (κ3) is 7.77. The van der Waals surface area contributed by atoms with Crippen molar-refractivity contribution in [3.63, 3.8) is 0 Å². The number of nitrogens with one attached hydrogen (secondary N) is 1. The van der Waals surface area contributed by atoms with Crippen molar-refractivity contribution in [2.75, 3.05) is 10.8 Å². The summed E-state index contributed by atoms with van der Waals surface area (Å²) in [7, 11) is -4.19. The number of anilines is 1. The Morgan fingerprint density at radius 2 is 1.57 bits per heavy atom. The zero-order valence-corrected chi connectivity index (χ0v) is 25.9. The van der Waals surface area contributed by atoms with Crippen LogP contribution in [0.1, 0.15) is 44.4 Å². The van der Waals surface area contributed by atoms with Crippen LogP contribution in [0.5, 0.6) is 0 Å². The fourth-order valence-corrected chi connectivity index (χ4v) is 5.96. The van der Waals surface area contributed by atoms with Crippen LogP contribution in [0.15, 0.2) is 71.6 Å². The van der Waals surface area contributed by atoms with Gasteiger partial charge in [-0.05, 0) is 89.1 Å². The standard InChI is InChI=1S/C30H35Cl2N3O4S/c1-20-13-15-25(16-14-20)40(38,39)35(27-12-8-11-26(32)21(27)2)19-28(36)34(18-23-9-7-10-24(31)17-23)22(3)29(37)33-30(4,5)6/h7-17,22H,18-19H2,1-6H3,(H,33,37). The lowest BCUT2D eigenvalue weighted by Gasteiger charge is -2.34. The van der Waals surface area contributed by atoms with E-state index in [0.717, 1.165) is 9.87 Å². The minimum Gasteiger partial charge on any atom is -0.350 e. The number of rotatable bonds is 9. The zero-order chi connectivity index (χ0) is 29.8. The maximum atomic E-state index is 14.0. The van der Waals surface area contributed by atoms with Crippen molar-refractivity contribution in [3.8, 4) is 0 Å². The van der Waals surface area contributed by atoms with Gasteiger partial charge >= 0.3 is 0 Å². The molecule has 10 heteroatoms. The Morgan fingerprint density at radius 3 is 2.17 bits per heavy atom. The summed E-state index contributed by atoms with van der Waals surface area (Å²) in [5.74, 6) is -0.929. The summed E-state index contributed by atoms with van der Waals surface area (Å²) in [6.45, 7) is 10.2. The average molecular weight is 605 g/mol. The summed E-state index contributed by atoms with van der Waals surface area (Å²) in [5.41, 5.74) is 1.84. The number of hydrogen-bond acceptors (Lipinski definition) is 4. The van der Waals surface area contributed by atoms with E-state index in [1.807, 2.05) is 27.7 Å². The van der Waals surface area contributed by atoms with E-state index in [9.17, 15) is 18.0 Å². The molecule has 0 aliphatic carbocycles. The van der Waals surface area contributed by atoms with E-state index >= 15 is 0 Å². The quantitative estimate of drug-likeness (QED) is 0.318. The van der Waals surface area contributed by atoms with Crippen LogP contribution in [0, 0.1) is 13.8 Å². The van der Waals surface area contributed by atoms with Gasteiger partial charge in [-0.3, -0.25) is 13.9 Å². The highest BCUT2D eigenvalue weighted by molar-refractivity contribution is 7.92. The molecule has 7 nitrogen and oxygen atoms in total. The summed E-state index contributed by atoms with van der Waals surface area (Å²) in [6.07, 6.45) is 0. The second kappa shape index (κ2) is 12.6. The lowest BCUT2D eigenvalue weighted by atomic mass is 10.1. The molecule has 40 heavy (non-hydrogen) atoms. The first-order chi connectivity index (χ1) is 18.6. The molecule has 1 atom stereocenters. The van der Waals surface area contributed by atoms with Crippen LogP contribution in [0.2, 0.25) is 10.0 Å². The molecule has 1 unspecified atom stereocenters. The largest absolute Gasteiger partial charge is 0.350 e. The molecule has 3 aromatic carbocycles. The molecule has 0 aliphatic rings. The van der Waals surface area contributed by atoms with Crippen LogP contribution in [0.3, 0.4) is 0 Å². The summed E-state index contributed by atoms with van der Waals surface area (Å²) < 4.78 is 29.0. The molecule has 0 aliphatic heterocycles. The second-order valence-corrected chi connectivity index (χ2v) is 13.5. The Hall–Kier alpha value is -3.07. The van der Waals surface area contributed by atoms with Crippen molar-refractivity contribution < 1.29 is 18.0 Å². The van der Waals surface area contributed by atoms with Crippen LogP contribution >= 0.6 is 23.2 Å². The van der Waals surface area contributed by atoms with E-state index < -0.39 is 34.1 Å². The molecule has 0 saturated heterocycles. The van der Waals surface area contributed by atoms with Gasteiger partial charge in [0.25, 0.3) is 10.0 Å². The molecule has 1 N–H and O–H groups in total.